The van der Waals surface area contributed by atoms with Crippen LogP contribution in [0.2, 0.25) is 0 Å². The highest BCUT2D eigenvalue weighted by atomic mass is 19.1. The summed E-state index contributed by atoms with van der Waals surface area (Å²) < 4.78 is 18.0. The van der Waals surface area contributed by atoms with E-state index in [4.69, 9.17) is 4.74 Å². The molecular weight excluding hydrogens is 259 g/mol. The minimum atomic E-state index is -0.427. The number of nitrogens with one attached hydrogen (secondary N) is 1. The highest BCUT2D eigenvalue weighted by Gasteiger charge is 2.06. The van der Waals surface area contributed by atoms with Crippen LogP contribution in [-0.2, 0) is 4.79 Å². The number of aromatic nitrogens is 1. The number of benzene rings is 1. The molecule has 1 amide bonds. The van der Waals surface area contributed by atoms with E-state index in [1.54, 1.807) is 24.4 Å². The Bertz CT molecular complexity index is 627. The van der Waals surface area contributed by atoms with E-state index in [1.165, 1.54) is 31.4 Å². The molecule has 0 aliphatic heterocycles. The second kappa shape index (κ2) is 6.47. The van der Waals surface area contributed by atoms with E-state index in [0.717, 1.165) is 0 Å². The highest BCUT2D eigenvalue weighted by molar-refractivity contribution is 6.02. The van der Waals surface area contributed by atoms with Crippen LogP contribution in [0, 0.1) is 5.82 Å². The Morgan fingerprint density at radius 3 is 2.90 bits per heavy atom. The Hall–Kier alpha value is -2.69. The van der Waals surface area contributed by atoms with Crippen LogP contribution in [0.4, 0.5) is 10.1 Å². The third-order valence-corrected chi connectivity index (χ3v) is 2.51. The van der Waals surface area contributed by atoms with Gasteiger partial charge in [-0.1, -0.05) is 6.07 Å². The summed E-state index contributed by atoms with van der Waals surface area (Å²) in [4.78, 5) is 15.8. The number of ether oxygens (including phenoxy) is 1. The second-order valence-electron chi connectivity index (χ2n) is 3.92. The first-order valence-electron chi connectivity index (χ1n) is 5.92. The zero-order chi connectivity index (χ0) is 14.4. The first-order valence-corrected chi connectivity index (χ1v) is 5.92. The van der Waals surface area contributed by atoms with Gasteiger partial charge in [0.25, 0.3) is 0 Å². The lowest BCUT2D eigenvalue weighted by Gasteiger charge is -2.08. The van der Waals surface area contributed by atoms with Gasteiger partial charge in [0.2, 0.25) is 5.91 Å². The maximum absolute atomic E-state index is 13.0. The number of hydrogen-bond donors (Lipinski definition) is 1. The average Bonchev–Trinajstić information content (AvgIpc) is 2.48. The van der Waals surface area contributed by atoms with Gasteiger partial charge in [0.05, 0.1) is 18.5 Å². The topological polar surface area (TPSA) is 51.2 Å². The molecule has 0 bridgehead atoms. The summed E-state index contributed by atoms with van der Waals surface area (Å²) in [7, 11) is 1.41. The molecule has 5 heteroatoms. The molecule has 0 aliphatic carbocycles. The molecule has 1 heterocycles. The van der Waals surface area contributed by atoms with Gasteiger partial charge in [-0.15, -0.1) is 0 Å². The van der Waals surface area contributed by atoms with Gasteiger partial charge >= 0.3 is 0 Å². The molecule has 0 unspecified atom stereocenters. The van der Waals surface area contributed by atoms with Crippen LogP contribution < -0.4 is 10.1 Å². The van der Waals surface area contributed by atoms with Gasteiger partial charge in [0.1, 0.15) is 11.6 Å². The number of hydrogen-bond acceptors (Lipinski definition) is 3. The molecule has 0 radical (unpaired) electrons. The van der Waals surface area contributed by atoms with E-state index >= 15 is 0 Å². The first-order chi connectivity index (χ1) is 9.69. The number of carbonyl (C=O) groups excluding carboxylic acids is 1. The third kappa shape index (κ3) is 3.65. The minimum Gasteiger partial charge on any atom is -0.494 e. The Morgan fingerprint density at radius 2 is 2.20 bits per heavy atom. The summed E-state index contributed by atoms with van der Waals surface area (Å²) >= 11 is 0. The Kier molecular flexibility index (Phi) is 4.44. The molecule has 102 valence electrons. The molecule has 1 aromatic carbocycles. The van der Waals surface area contributed by atoms with Gasteiger partial charge in [-0.05, 0) is 30.3 Å². The van der Waals surface area contributed by atoms with Crippen molar-refractivity contribution in [3.63, 3.8) is 0 Å². The zero-order valence-electron chi connectivity index (χ0n) is 10.8. The fourth-order valence-corrected chi connectivity index (χ4v) is 1.58. The van der Waals surface area contributed by atoms with Crippen molar-refractivity contribution >= 4 is 17.7 Å². The number of pyridine rings is 1. The predicted molar refractivity (Wildman–Crippen MR) is 74.9 cm³/mol. The van der Waals surface area contributed by atoms with E-state index in [2.05, 4.69) is 10.3 Å². The van der Waals surface area contributed by atoms with Crippen LogP contribution in [0.5, 0.6) is 5.75 Å². The molecule has 0 aliphatic rings. The first kappa shape index (κ1) is 13.7. The van der Waals surface area contributed by atoms with Gasteiger partial charge in [-0.3, -0.25) is 9.78 Å². The van der Waals surface area contributed by atoms with Crippen molar-refractivity contribution in [2.45, 2.75) is 0 Å². The van der Waals surface area contributed by atoms with Crippen LogP contribution >= 0.6 is 0 Å². The van der Waals surface area contributed by atoms with Gasteiger partial charge in [0.15, 0.2) is 0 Å². The third-order valence-electron chi connectivity index (χ3n) is 2.51. The molecule has 0 spiro atoms. The average molecular weight is 272 g/mol. The van der Waals surface area contributed by atoms with E-state index < -0.39 is 5.82 Å². The van der Waals surface area contributed by atoms with Gasteiger partial charge in [0, 0.05) is 18.3 Å². The van der Waals surface area contributed by atoms with E-state index in [-0.39, 0.29) is 11.7 Å². The van der Waals surface area contributed by atoms with Crippen LogP contribution in [0.1, 0.15) is 5.69 Å². The maximum Gasteiger partial charge on any atom is 0.248 e. The van der Waals surface area contributed by atoms with Crippen molar-refractivity contribution in [2.75, 3.05) is 12.4 Å². The SMILES string of the molecule is COc1cc(F)ccc1NC(=O)/C=C/c1ccccn1. The van der Waals surface area contributed by atoms with Gasteiger partial charge < -0.3 is 10.1 Å². The monoisotopic (exact) mass is 272 g/mol. The standard InChI is InChI=1S/C15H13FN2O2/c1-20-14-10-11(16)5-7-13(14)18-15(19)8-6-12-4-2-3-9-17-12/h2-10H,1H3,(H,18,19)/b8-6+. The van der Waals surface area contributed by atoms with Crippen molar-refractivity contribution in [1.29, 1.82) is 0 Å². The zero-order valence-corrected chi connectivity index (χ0v) is 10.8. The molecule has 2 aromatic rings. The summed E-state index contributed by atoms with van der Waals surface area (Å²) in [5.74, 6) is -0.506. The second-order valence-corrected chi connectivity index (χ2v) is 3.92. The van der Waals surface area contributed by atoms with E-state index in [1.807, 2.05) is 6.07 Å². The lowest BCUT2D eigenvalue weighted by molar-refractivity contribution is -0.111. The molecule has 0 fully saturated rings. The van der Waals surface area contributed by atoms with Crippen LogP contribution in [0.3, 0.4) is 0 Å². The summed E-state index contributed by atoms with van der Waals surface area (Å²) in [5.41, 5.74) is 1.08. The maximum atomic E-state index is 13.0. The Labute approximate surface area is 115 Å². The fraction of sp³-hybridized carbons (Fsp3) is 0.0667. The fourth-order valence-electron chi connectivity index (χ4n) is 1.58. The molecule has 0 saturated heterocycles. The molecule has 2 rings (SSSR count). The van der Waals surface area contributed by atoms with Crippen molar-refractivity contribution < 1.29 is 13.9 Å². The van der Waals surface area contributed by atoms with E-state index in [0.29, 0.717) is 11.4 Å². The Morgan fingerprint density at radius 1 is 1.35 bits per heavy atom. The smallest absolute Gasteiger partial charge is 0.248 e. The summed E-state index contributed by atoms with van der Waals surface area (Å²) in [5, 5.41) is 2.61. The van der Waals surface area contributed by atoms with Crippen molar-refractivity contribution in [2.24, 2.45) is 0 Å². The molecule has 1 aromatic heterocycles. The molecule has 1 N–H and O–H groups in total. The Balaban J connectivity index is 2.07. The lowest BCUT2D eigenvalue weighted by Crippen LogP contribution is -2.09. The summed E-state index contributed by atoms with van der Waals surface area (Å²) in [6.45, 7) is 0. The number of anilines is 1. The molecule has 20 heavy (non-hydrogen) atoms. The van der Waals surface area contributed by atoms with Crippen LogP contribution in [-0.4, -0.2) is 18.0 Å². The predicted octanol–water partition coefficient (Wildman–Crippen LogP) is 2.88. The number of amides is 1. The van der Waals surface area contributed by atoms with Crippen LogP contribution in [0.15, 0.2) is 48.7 Å². The minimum absolute atomic E-state index is 0.268. The quantitative estimate of drug-likeness (QED) is 0.871. The number of halogens is 1. The van der Waals surface area contributed by atoms with Gasteiger partial charge in [-0.2, -0.15) is 0 Å². The molecule has 4 nitrogen and oxygen atoms in total. The largest absolute Gasteiger partial charge is 0.494 e. The number of nitrogens with zero attached hydrogens (tertiary/aromatic N) is 1. The lowest BCUT2D eigenvalue weighted by atomic mass is 10.2. The van der Waals surface area contributed by atoms with Gasteiger partial charge in [-0.25, -0.2) is 4.39 Å². The van der Waals surface area contributed by atoms with Crippen molar-refractivity contribution in [3.05, 3.63) is 60.2 Å². The summed E-state index contributed by atoms with van der Waals surface area (Å²) in [6.07, 6.45) is 4.58. The summed E-state index contributed by atoms with van der Waals surface area (Å²) in [6, 6.07) is 9.30. The number of methoxy groups -OCH3 is 1. The normalized spacial score (nSPS) is 10.5. The van der Waals surface area contributed by atoms with Crippen LogP contribution in [0.25, 0.3) is 6.08 Å². The molecule has 0 atom stereocenters. The number of carbonyl (C=O) groups is 1. The molecule has 0 saturated carbocycles. The van der Waals surface area contributed by atoms with Crippen molar-refractivity contribution in [1.82, 2.24) is 4.98 Å². The number of rotatable bonds is 4. The van der Waals surface area contributed by atoms with Crippen molar-refractivity contribution in [3.8, 4) is 5.75 Å². The molecular formula is C15H13FN2O2. The van der Waals surface area contributed by atoms with E-state index in [9.17, 15) is 9.18 Å². The highest BCUT2D eigenvalue weighted by Crippen LogP contribution is 2.24.